The predicted molar refractivity (Wildman–Crippen MR) is 43.6 cm³/mol. The minimum Gasteiger partial charge on any atom is -0.394 e. The summed E-state index contributed by atoms with van der Waals surface area (Å²) in [6, 6.07) is 0. The van der Waals surface area contributed by atoms with Gasteiger partial charge in [0, 0.05) is 0 Å². The lowest BCUT2D eigenvalue weighted by Crippen LogP contribution is -2.40. The van der Waals surface area contributed by atoms with Crippen molar-refractivity contribution in [2.75, 3.05) is 20.2 Å². The van der Waals surface area contributed by atoms with E-state index in [9.17, 15) is 5.11 Å². The van der Waals surface area contributed by atoms with Crippen molar-refractivity contribution < 1.29 is 20.4 Å². The molecule has 12 heavy (non-hydrogen) atoms. The van der Waals surface area contributed by atoms with Gasteiger partial charge in [-0.2, -0.15) is 0 Å². The molecule has 0 saturated heterocycles. The van der Waals surface area contributed by atoms with Gasteiger partial charge >= 0.3 is 0 Å². The van der Waals surface area contributed by atoms with E-state index in [1.807, 2.05) is 0 Å². The van der Waals surface area contributed by atoms with Gasteiger partial charge in [0.1, 0.15) is 12.2 Å². The number of hydrogen-bond acceptors (Lipinski definition) is 5. The summed E-state index contributed by atoms with van der Waals surface area (Å²) < 4.78 is 0. The highest BCUT2D eigenvalue weighted by atomic mass is 16.4. The molecule has 5 heteroatoms. The highest BCUT2D eigenvalue weighted by Crippen LogP contribution is 2.02. The van der Waals surface area contributed by atoms with Gasteiger partial charge in [0.05, 0.1) is 12.7 Å². The van der Waals surface area contributed by atoms with Crippen molar-refractivity contribution in [1.82, 2.24) is 5.32 Å². The van der Waals surface area contributed by atoms with Gasteiger partial charge in [-0.15, -0.1) is 0 Å². The zero-order valence-corrected chi connectivity index (χ0v) is 7.14. The van der Waals surface area contributed by atoms with E-state index < -0.39 is 24.9 Å². The van der Waals surface area contributed by atoms with Crippen molar-refractivity contribution in [2.45, 2.75) is 24.7 Å². The summed E-state index contributed by atoms with van der Waals surface area (Å²) in [5.74, 6) is 0. The zero-order chi connectivity index (χ0) is 9.56. The van der Waals surface area contributed by atoms with Crippen LogP contribution in [0.15, 0.2) is 0 Å². The zero-order valence-electron chi connectivity index (χ0n) is 7.14. The van der Waals surface area contributed by atoms with Crippen molar-refractivity contribution in [1.29, 1.82) is 0 Å². The Kier molecular flexibility index (Phi) is 6.23. The van der Waals surface area contributed by atoms with Crippen molar-refractivity contribution >= 4 is 0 Å². The van der Waals surface area contributed by atoms with Crippen LogP contribution < -0.4 is 5.32 Å². The monoisotopic (exact) mass is 179 g/mol. The van der Waals surface area contributed by atoms with E-state index in [0.717, 1.165) is 0 Å². The SMILES string of the molecule is CNCC[C@@H](O)[C@H](O)[C@H](O)CO. The van der Waals surface area contributed by atoms with Crippen LogP contribution in [0.1, 0.15) is 6.42 Å². The molecule has 3 atom stereocenters. The van der Waals surface area contributed by atoms with Crippen LogP contribution in [0.2, 0.25) is 0 Å². The Morgan fingerprint density at radius 2 is 1.75 bits per heavy atom. The molecule has 0 aromatic heterocycles. The number of hydrogen-bond donors (Lipinski definition) is 5. The molecule has 0 aromatic carbocycles. The molecule has 0 spiro atoms. The molecule has 0 aliphatic carbocycles. The molecule has 0 radical (unpaired) electrons. The molecular weight excluding hydrogens is 162 g/mol. The van der Waals surface area contributed by atoms with Gasteiger partial charge in [0.2, 0.25) is 0 Å². The summed E-state index contributed by atoms with van der Waals surface area (Å²) in [7, 11) is 1.72. The lowest BCUT2D eigenvalue weighted by molar-refractivity contribution is -0.0777. The average Bonchev–Trinajstić information content (AvgIpc) is 2.11. The fourth-order valence-corrected chi connectivity index (χ4v) is 0.827. The third-order valence-corrected chi connectivity index (χ3v) is 1.67. The summed E-state index contributed by atoms with van der Waals surface area (Å²) in [6.45, 7) is 0.00809. The van der Waals surface area contributed by atoms with Crippen molar-refractivity contribution in [3.05, 3.63) is 0 Å². The molecule has 0 bridgehead atoms. The van der Waals surface area contributed by atoms with Gasteiger partial charge in [-0.3, -0.25) is 0 Å². The molecule has 74 valence electrons. The Balaban J connectivity index is 3.67. The van der Waals surface area contributed by atoms with E-state index in [2.05, 4.69) is 5.32 Å². The highest BCUT2D eigenvalue weighted by Gasteiger charge is 2.23. The van der Waals surface area contributed by atoms with Crippen LogP contribution in [0.4, 0.5) is 0 Å². The van der Waals surface area contributed by atoms with E-state index in [1.165, 1.54) is 0 Å². The van der Waals surface area contributed by atoms with Crippen molar-refractivity contribution in [3.8, 4) is 0 Å². The van der Waals surface area contributed by atoms with E-state index in [0.29, 0.717) is 13.0 Å². The second-order valence-corrected chi connectivity index (χ2v) is 2.70. The van der Waals surface area contributed by atoms with Gasteiger partial charge < -0.3 is 25.7 Å². The van der Waals surface area contributed by atoms with Crippen LogP contribution >= 0.6 is 0 Å². The molecule has 5 N–H and O–H groups in total. The van der Waals surface area contributed by atoms with E-state index in [4.69, 9.17) is 15.3 Å². The standard InChI is InChI=1S/C7H17NO4/c1-8-3-2-5(10)7(12)6(11)4-9/h5-12H,2-4H2,1H3/t5-,6-,7+/m1/s1. The quantitative estimate of drug-likeness (QED) is 0.315. The molecule has 0 amide bonds. The van der Waals surface area contributed by atoms with Crippen LogP contribution in [0.3, 0.4) is 0 Å². The fraction of sp³-hybridized carbons (Fsp3) is 1.00. The van der Waals surface area contributed by atoms with Crippen LogP contribution in [0.25, 0.3) is 0 Å². The summed E-state index contributed by atoms with van der Waals surface area (Å²) in [6.07, 6.45) is -3.20. The Morgan fingerprint density at radius 3 is 2.17 bits per heavy atom. The summed E-state index contributed by atoms with van der Waals surface area (Å²) >= 11 is 0. The summed E-state index contributed by atoms with van der Waals surface area (Å²) in [5.41, 5.74) is 0. The number of aliphatic hydroxyl groups is 4. The largest absolute Gasteiger partial charge is 0.394 e. The van der Waals surface area contributed by atoms with E-state index >= 15 is 0 Å². The van der Waals surface area contributed by atoms with Gasteiger partial charge in [-0.25, -0.2) is 0 Å². The van der Waals surface area contributed by atoms with Crippen LogP contribution in [-0.4, -0.2) is 58.9 Å². The molecule has 0 aromatic rings. The Morgan fingerprint density at radius 1 is 1.17 bits per heavy atom. The van der Waals surface area contributed by atoms with Gasteiger partial charge in [0.25, 0.3) is 0 Å². The maximum atomic E-state index is 9.19. The normalized spacial score (nSPS) is 18.8. The molecule has 0 unspecified atom stereocenters. The van der Waals surface area contributed by atoms with Crippen LogP contribution in [0, 0.1) is 0 Å². The Hall–Kier alpha value is -0.200. The molecule has 0 rings (SSSR count). The molecular formula is C7H17NO4. The molecule has 0 aliphatic heterocycles. The lowest BCUT2D eigenvalue weighted by Gasteiger charge is -2.21. The molecule has 0 aliphatic rings. The Bertz CT molecular complexity index is 112. The predicted octanol–water partition coefficient (Wildman–Crippen LogP) is -2.33. The molecule has 0 heterocycles. The van der Waals surface area contributed by atoms with Gasteiger partial charge in [-0.1, -0.05) is 0 Å². The summed E-state index contributed by atoms with van der Waals surface area (Å²) in [5, 5.41) is 38.5. The smallest absolute Gasteiger partial charge is 0.108 e. The number of rotatable bonds is 6. The molecule has 0 fully saturated rings. The first-order chi connectivity index (χ1) is 5.63. The maximum absolute atomic E-state index is 9.19. The topological polar surface area (TPSA) is 93.0 Å². The second-order valence-electron chi connectivity index (χ2n) is 2.70. The maximum Gasteiger partial charge on any atom is 0.108 e. The van der Waals surface area contributed by atoms with E-state index in [-0.39, 0.29) is 0 Å². The van der Waals surface area contributed by atoms with Gasteiger partial charge in [0.15, 0.2) is 0 Å². The second kappa shape index (κ2) is 6.33. The molecule has 0 saturated carbocycles. The lowest BCUT2D eigenvalue weighted by atomic mass is 10.1. The summed E-state index contributed by atoms with van der Waals surface area (Å²) in [4.78, 5) is 0. The average molecular weight is 179 g/mol. The number of nitrogens with one attached hydrogen (secondary N) is 1. The van der Waals surface area contributed by atoms with Crippen LogP contribution in [-0.2, 0) is 0 Å². The first-order valence-corrected chi connectivity index (χ1v) is 3.93. The fourth-order valence-electron chi connectivity index (χ4n) is 0.827. The first kappa shape index (κ1) is 11.8. The minimum absolute atomic E-state index is 0.342. The Labute approximate surface area is 71.7 Å². The third-order valence-electron chi connectivity index (χ3n) is 1.67. The van der Waals surface area contributed by atoms with Crippen LogP contribution in [0.5, 0.6) is 0 Å². The third kappa shape index (κ3) is 3.99. The first-order valence-electron chi connectivity index (χ1n) is 3.93. The highest BCUT2D eigenvalue weighted by molar-refractivity contribution is 4.74. The van der Waals surface area contributed by atoms with Gasteiger partial charge in [-0.05, 0) is 20.0 Å². The number of aliphatic hydroxyl groups excluding tert-OH is 4. The van der Waals surface area contributed by atoms with Crippen molar-refractivity contribution in [2.24, 2.45) is 0 Å². The molecule has 5 nitrogen and oxygen atoms in total. The minimum atomic E-state index is -1.27. The van der Waals surface area contributed by atoms with E-state index in [1.54, 1.807) is 7.05 Å². The van der Waals surface area contributed by atoms with Crippen molar-refractivity contribution in [3.63, 3.8) is 0 Å².